The molecule has 1 aromatic carbocycles. The number of hydrogen-bond donors (Lipinski definition) is 3. The van der Waals surface area contributed by atoms with Crippen molar-refractivity contribution in [3.63, 3.8) is 0 Å². The van der Waals surface area contributed by atoms with Crippen LogP contribution < -0.4 is 15.3 Å². The molecule has 0 aliphatic carbocycles. The summed E-state index contributed by atoms with van der Waals surface area (Å²) in [6.45, 7) is 7.40. The molecule has 3 heterocycles. The lowest BCUT2D eigenvalue weighted by Crippen LogP contribution is -2.49. The van der Waals surface area contributed by atoms with E-state index < -0.39 is 49.3 Å². The van der Waals surface area contributed by atoms with Gasteiger partial charge in [-0.3, -0.25) is 9.32 Å². The number of para-hydroxylation sites is 1. The van der Waals surface area contributed by atoms with Gasteiger partial charge >= 0.3 is 13.7 Å². The minimum atomic E-state index is -4.44. The number of fused-ring (bicyclic) bond motifs is 1. The standard InChI is InChI=1S/C29H38FN6O7P/c1-6-19(7-2)15-40-26(38)27(3,4)35-44(39,43-20-11-9-8-10-12-20)41-16-22-24(37)28(5,30)29(17-31,42-22)23-14-13-21-25(32)33-18-34-36(21)23/h8-14,18-19,22,24,37H,6-7,15-16H2,1-5H3,(H,35,39)(H2,32,33,34)/t22-,24-,28-,29+,44?/m1/s1. The smallest absolute Gasteiger partial charge is 0.459 e. The van der Waals surface area contributed by atoms with Crippen LogP contribution in [-0.2, 0) is 29.0 Å². The van der Waals surface area contributed by atoms with Gasteiger partial charge in [-0.25, -0.2) is 18.5 Å². The highest BCUT2D eigenvalue weighted by molar-refractivity contribution is 7.52. The molecule has 3 aromatic rings. The summed E-state index contributed by atoms with van der Waals surface area (Å²) >= 11 is 0. The van der Waals surface area contributed by atoms with Gasteiger partial charge in [-0.1, -0.05) is 44.9 Å². The molecule has 1 unspecified atom stereocenters. The molecule has 1 saturated heterocycles. The van der Waals surface area contributed by atoms with Crippen LogP contribution in [0.1, 0.15) is 53.2 Å². The number of anilines is 1. The number of esters is 1. The molecule has 0 saturated carbocycles. The van der Waals surface area contributed by atoms with Crippen molar-refractivity contribution in [2.45, 2.75) is 76.5 Å². The number of rotatable bonds is 13. The molecule has 0 radical (unpaired) electrons. The fourth-order valence-corrected chi connectivity index (χ4v) is 6.65. The number of halogens is 1. The quantitative estimate of drug-likeness (QED) is 0.182. The van der Waals surface area contributed by atoms with Crippen molar-refractivity contribution in [1.82, 2.24) is 19.7 Å². The lowest BCUT2D eigenvalue weighted by molar-refractivity contribution is -0.151. The van der Waals surface area contributed by atoms with Crippen LogP contribution in [0, 0.1) is 17.2 Å². The Morgan fingerprint density at radius 1 is 1.30 bits per heavy atom. The average molecular weight is 633 g/mol. The first-order chi connectivity index (χ1) is 20.7. The molecule has 238 valence electrons. The Kier molecular flexibility index (Phi) is 9.68. The Hall–Kier alpha value is -3.60. The van der Waals surface area contributed by atoms with Crippen LogP contribution in [0.25, 0.3) is 5.52 Å². The fraction of sp³-hybridized carbons (Fsp3) is 0.517. The Balaban J connectivity index is 1.60. The highest BCUT2D eigenvalue weighted by Crippen LogP contribution is 2.52. The van der Waals surface area contributed by atoms with Crippen molar-refractivity contribution in [3.05, 3.63) is 54.5 Å². The van der Waals surface area contributed by atoms with Gasteiger partial charge in [0, 0.05) is 0 Å². The van der Waals surface area contributed by atoms with E-state index in [1.54, 1.807) is 18.2 Å². The van der Waals surface area contributed by atoms with E-state index >= 15 is 4.39 Å². The second kappa shape index (κ2) is 12.8. The molecule has 1 aliphatic rings. The number of nitrogens with zero attached hydrogens (tertiary/aromatic N) is 4. The molecule has 0 bridgehead atoms. The molecule has 4 rings (SSSR count). The number of ether oxygens (including phenoxy) is 2. The van der Waals surface area contributed by atoms with Gasteiger partial charge in [-0.05, 0) is 51.0 Å². The van der Waals surface area contributed by atoms with Crippen LogP contribution in [0.15, 0.2) is 48.8 Å². The molecular formula is C29H38FN6O7P. The van der Waals surface area contributed by atoms with E-state index in [2.05, 4.69) is 15.2 Å². The molecular weight excluding hydrogens is 594 g/mol. The lowest BCUT2D eigenvalue weighted by atomic mass is 9.82. The first kappa shape index (κ1) is 33.3. The second-order valence-electron chi connectivity index (χ2n) is 11.3. The molecule has 0 spiro atoms. The zero-order valence-corrected chi connectivity index (χ0v) is 26.2. The van der Waals surface area contributed by atoms with Crippen molar-refractivity contribution in [3.8, 4) is 11.8 Å². The summed E-state index contributed by atoms with van der Waals surface area (Å²) in [6.07, 6.45) is -0.656. The van der Waals surface area contributed by atoms with Crippen LogP contribution in [0.3, 0.4) is 0 Å². The molecule has 1 fully saturated rings. The Labute approximate surface area is 255 Å². The van der Waals surface area contributed by atoms with E-state index in [9.17, 15) is 19.7 Å². The summed E-state index contributed by atoms with van der Waals surface area (Å²) in [7, 11) is -4.44. The first-order valence-corrected chi connectivity index (χ1v) is 15.8. The maximum Gasteiger partial charge on any atom is 0.459 e. The van der Waals surface area contributed by atoms with Gasteiger partial charge in [0.1, 0.15) is 41.4 Å². The fourth-order valence-electron chi connectivity index (χ4n) is 4.97. The molecule has 4 N–H and O–H groups in total. The first-order valence-electron chi connectivity index (χ1n) is 14.2. The predicted octanol–water partition coefficient (Wildman–Crippen LogP) is 4.07. The van der Waals surface area contributed by atoms with Gasteiger partial charge in [0.2, 0.25) is 5.60 Å². The Bertz CT molecular complexity index is 1560. The highest BCUT2D eigenvalue weighted by Gasteiger charge is 2.67. The van der Waals surface area contributed by atoms with Gasteiger partial charge < -0.3 is 24.8 Å². The number of nitrogens with one attached hydrogen (secondary N) is 1. The van der Waals surface area contributed by atoms with Crippen LogP contribution in [0.5, 0.6) is 5.75 Å². The monoisotopic (exact) mass is 632 g/mol. The normalized spacial score (nSPS) is 25.1. The largest absolute Gasteiger partial charge is 0.464 e. The Morgan fingerprint density at radius 2 is 1.98 bits per heavy atom. The van der Waals surface area contributed by atoms with Crippen LogP contribution >= 0.6 is 7.75 Å². The van der Waals surface area contributed by atoms with Gasteiger partial charge in [-0.2, -0.15) is 15.4 Å². The number of carbonyl (C=O) groups excluding carboxylic acids is 1. The van der Waals surface area contributed by atoms with Crippen molar-refractivity contribution in [2.24, 2.45) is 5.92 Å². The van der Waals surface area contributed by atoms with E-state index in [0.29, 0.717) is 5.52 Å². The van der Waals surface area contributed by atoms with E-state index in [4.69, 9.17) is 24.3 Å². The van der Waals surface area contributed by atoms with Crippen molar-refractivity contribution >= 4 is 25.1 Å². The van der Waals surface area contributed by atoms with Gasteiger partial charge in [0.25, 0.3) is 0 Å². The topological polar surface area (TPSA) is 183 Å². The number of aliphatic hydroxyl groups is 1. The number of nitrogen functional groups attached to an aromatic ring is 1. The van der Waals surface area contributed by atoms with E-state index in [1.165, 1.54) is 42.6 Å². The van der Waals surface area contributed by atoms with Crippen LogP contribution in [0.2, 0.25) is 0 Å². The zero-order chi connectivity index (χ0) is 32.3. The third-order valence-corrected chi connectivity index (χ3v) is 9.61. The number of nitriles is 1. The third kappa shape index (κ3) is 6.29. The Morgan fingerprint density at radius 3 is 2.61 bits per heavy atom. The molecule has 2 aromatic heterocycles. The lowest BCUT2D eigenvalue weighted by Gasteiger charge is -2.30. The van der Waals surface area contributed by atoms with E-state index in [0.717, 1.165) is 26.1 Å². The van der Waals surface area contributed by atoms with Gasteiger partial charge in [0.15, 0.2) is 11.5 Å². The summed E-state index contributed by atoms with van der Waals surface area (Å²) < 4.78 is 54.6. The van der Waals surface area contributed by atoms with Crippen molar-refractivity contribution in [2.75, 3.05) is 18.9 Å². The van der Waals surface area contributed by atoms with Crippen molar-refractivity contribution < 1.29 is 37.4 Å². The summed E-state index contributed by atoms with van der Waals surface area (Å²) in [4.78, 5) is 16.9. The summed E-state index contributed by atoms with van der Waals surface area (Å²) in [5.41, 5.74) is -0.454. The summed E-state index contributed by atoms with van der Waals surface area (Å²) in [6, 6.07) is 12.8. The number of carbonyl (C=O) groups is 1. The molecule has 1 aliphatic heterocycles. The molecule has 13 nitrogen and oxygen atoms in total. The minimum Gasteiger partial charge on any atom is -0.464 e. The summed E-state index contributed by atoms with van der Waals surface area (Å²) in [5, 5.41) is 28.0. The SMILES string of the molecule is CCC(CC)COC(=O)C(C)(C)NP(=O)(OC[C@H]1O[C@@](C#N)(c2ccc3c(N)ncnn23)[C@](C)(F)[C@@H]1O)Oc1ccccc1. The molecule has 44 heavy (non-hydrogen) atoms. The second-order valence-corrected chi connectivity index (χ2v) is 13.0. The van der Waals surface area contributed by atoms with Gasteiger partial charge in [0.05, 0.1) is 18.9 Å². The number of alkyl halides is 1. The van der Waals surface area contributed by atoms with E-state index in [1.807, 2.05) is 19.9 Å². The highest BCUT2D eigenvalue weighted by atomic mass is 31.2. The summed E-state index contributed by atoms with van der Waals surface area (Å²) in [5.74, 6) is -0.292. The number of hydrogen-bond acceptors (Lipinski definition) is 11. The molecule has 5 atom stereocenters. The van der Waals surface area contributed by atoms with Gasteiger partial charge in [-0.15, -0.1) is 0 Å². The van der Waals surface area contributed by atoms with E-state index in [-0.39, 0.29) is 29.8 Å². The number of aromatic nitrogens is 3. The minimum absolute atomic E-state index is 0.0427. The maximum atomic E-state index is 16.4. The van der Waals surface area contributed by atoms with Crippen LogP contribution in [-0.4, -0.2) is 62.3 Å². The average Bonchev–Trinajstić information content (AvgIpc) is 3.50. The third-order valence-electron chi connectivity index (χ3n) is 7.83. The predicted molar refractivity (Wildman–Crippen MR) is 158 cm³/mol. The zero-order valence-electron chi connectivity index (χ0n) is 25.3. The molecule has 0 amide bonds. The van der Waals surface area contributed by atoms with Crippen molar-refractivity contribution in [1.29, 1.82) is 5.26 Å². The number of aliphatic hydroxyl groups excluding tert-OH is 1. The number of benzene rings is 1. The number of nitrogens with two attached hydrogens (primary N) is 1. The molecule has 15 heteroatoms. The van der Waals surface area contributed by atoms with Crippen LogP contribution in [0.4, 0.5) is 10.2 Å². The maximum absolute atomic E-state index is 16.4.